The van der Waals surface area contributed by atoms with Crippen LogP contribution in [0.4, 0.5) is 4.79 Å². The van der Waals surface area contributed by atoms with Gasteiger partial charge in [0.1, 0.15) is 17.8 Å². The normalized spacial score (nSPS) is 13.7. The Morgan fingerprint density at radius 1 is 0.381 bits per heavy atom. The monoisotopic (exact) mass is 1180 g/mol. The highest BCUT2D eigenvalue weighted by atomic mass is 16.6. The van der Waals surface area contributed by atoms with Crippen LogP contribution in [0.2, 0.25) is 0 Å². The molecule has 0 saturated heterocycles. The number of hydrogen-bond acceptors (Lipinski definition) is 7. The summed E-state index contributed by atoms with van der Waals surface area (Å²) in [5, 5.41) is 12.5. The lowest BCUT2D eigenvalue weighted by Crippen LogP contribution is -2.45. The van der Waals surface area contributed by atoms with E-state index in [4.69, 9.17) is 9.47 Å². The van der Waals surface area contributed by atoms with Crippen LogP contribution in [0, 0.1) is 5.92 Å². The number of allylic oxidation sites excluding steroid dienone is 12. The van der Waals surface area contributed by atoms with Crippen molar-refractivity contribution >= 4 is 12.1 Å². The topological polar surface area (TPSA) is 82.5 Å². The van der Waals surface area contributed by atoms with Gasteiger partial charge in [-0.3, -0.25) is 4.79 Å². The summed E-state index contributed by atoms with van der Waals surface area (Å²) in [5.74, 6) is 0.201. The third-order valence-corrected chi connectivity index (χ3v) is 16.8. The standard InChI is InChI=1S/C76H141N3O5/c1-10-15-20-25-30-38-44-51-60-71(72(62-53-46-37-29-24-19-14-5)83-75(81)79(9)70-59-67-77(6)7)61-52-45-39-35-34-36-43-50-57-68-78(8)69-58-64-74(80)84-73(63-54-47-40-31-26-21-16-11-2)76(82,65-55-48-41-32-27-22-17-12-3)66-56-49-42-33-28-23-18-13-4/h30-33,35,37-42,46,71-73,82H,10-29,34,36,43-45,47-70H2,1-9H3/b38-30-,39-35-,40-31-,41-32-,42-33-,46-37-. The highest BCUT2D eigenvalue weighted by molar-refractivity contribution is 5.69. The van der Waals surface area contributed by atoms with Crippen molar-refractivity contribution in [1.82, 2.24) is 14.7 Å². The van der Waals surface area contributed by atoms with Crippen molar-refractivity contribution in [2.45, 2.75) is 341 Å². The van der Waals surface area contributed by atoms with E-state index in [2.05, 4.69) is 138 Å². The SMILES string of the molecule is CCCCC/C=C\CCCC(CCC/C=C\CCCCCCN(C)CCCC(=O)OC(CCC/C=C\CCCCC)C(O)(CCC/C=C\CCCCC)CCC/C=C\CCCCC)C(CC/C=C\CCCCC)OC(=O)N(C)CCCN(C)C. The zero-order valence-corrected chi connectivity index (χ0v) is 57.2. The Morgan fingerprint density at radius 2 is 0.750 bits per heavy atom. The summed E-state index contributed by atoms with van der Waals surface area (Å²) in [5.41, 5.74) is -1.02. The molecule has 3 unspecified atom stereocenters. The molecule has 0 saturated carbocycles. The Kier molecular flexibility index (Phi) is 59.5. The maximum absolute atomic E-state index is 13.7. The van der Waals surface area contributed by atoms with Crippen LogP contribution >= 0.6 is 0 Å². The highest BCUT2D eigenvalue weighted by Gasteiger charge is 2.38. The first-order chi connectivity index (χ1) is 41.0. The van der Waals surface area contributed by atoms with Gasteiger partial charge in [0.25, 0.3) is 0 Å². The summed E-state index contributed by atoms with van der Waals surface area (Å²) in [4.78, 5) is 33.5. The van der Waals surface area contributed by atoms with Gasteiger partial charge in [-0.15, -0.1) is 0 Å². The molecule has 0 aromatic heterocycles. The maximum atomic E-state index is 13.7. The lowest BCUT2D eigenvalue weighted by Gasteiger charge is -2.36. The summed E-state index contributed by atoms with van der Waals surface area (Å²) in [6.07, 6.45) is 75.9. The maximum Gasteiger partial charge on any atom is 0.409 e. The first kappa shape index (κ1) is 81.1. The minimum atomic E-state index is -1.02. The smallest absolute Gasteiger partial charge is 0.409 e. The van der Waals surface area contributed by atoms with Gasteiger partial charge in [0.15, 0.2) is 0 Å². The molecule has 0 radical (unpaired) electrons. The summed E-state index contributed by atoms with van der Waals surface area (Å²) in [6.45, 7) is 14.8. The number of nitrogens with zero attached hydrogens (tertiary/aromatic N) is 3. The second-order valence-corrected chi connectivity index (χ2v) is 25.4. The largest absolute Gasteiger partial charge is 0.459 e. The van der Waals surface area contributed by atoms with Crippen LogP contribution in [0.1, 0.15) is 324 Å². The minimum Gasteiger partial charge on any atom is -0.459 e. The second kappa shape index (κ2) is 61.7. The van der Waals surface area contributed by atoms with E-state index >= 15 is 0 Å². The summed E-state index contributed by atoms with van der Waals surface area (Å²) < 4.78 is 12.8. The van der Waals surface area contributed by atoms with Gasteiger partial charge in [-0.05, 0) is 252 Å². The van der Waals surface area contributed by atoms with Crippen LogP contribution in [-0.2, 0) is 14.3 Å². The lowest BCUT2D eigenvalue weighted by molar-refractivity contribution is -0.169. The van der Waals surface area contributed by atoms with Gasteiger partial charge < -0.3 is 29.3 Å². The Balaban J connectivity index is 5.40. The molecule has 0 aliphatic rings. The predicted octanol–water partition coefficient (Wildman–Crippen LogP) is 22.2. The molecule has 1 amide bonds. The lowest BCUT2D eigenvalue weighted by atomic mass is 9.83. The minimum absolute atomic E-state index is 0.0694. The molecule has 0 aromatic rings. The van der Waals surface area contributed by atoms with Crippen molar-refractivity contribution < 1.29 is 24.2 Å². The van der Waals surface area contributed by atoms with Gasteiger partial charge in [-0.25, -0.2) is 4.79 Å². The number of esters is 1. The van der Waals surface area contributed by atoms with Gasteiger partial charge in [-0.2, -0.15) is 0 Å². The van der Waals surface area contributed by atoms with Crippen LogP contribution < -0.4 is 0 Å². The Hall–Kier alpha value is -2.94. The van der Waals surface area contributed by atoms with Gasteiger partial charge >= 0.3 is 12.1 Å². The van der Waals surface area contributed by atoms with E-state index in [-0.39, 0.29) is 18.2 Å². The molecule has 0 rings (SSSR count). The van der Waals surface area contributed by atoms with E-state index in [0.717, 1.165) is 161 Å². The predicted molar refractivity (Wildman–Crippen MR) is 368 cm³/mol. The van der Waals surface area contributed by atoms with E-state index in [1.807, 2.05) is 7.05 Å². The van der Waals surface area contributed by atoms with Gasteiger partial charge in [0.05, 0.1) is 0 Å². The van der Waals surface area contributed by atoms with E-state index in [0.29, 0.717) is 38.1 Å². The van der Waals surface area contributed by atoms with Crippen LogP contribution in [0.15, 0.2) is 72.9 Å². The highest BCUT2D eigenvalue weighted by Crippen LogP contribution is 2.32. The van der Waals surface area contributed by atoms with Crippen LogP contribution in [0.25, 0.3) is 0 Å². The van der Waals surface area contributed by atoms with Crippen molar-refractivity contribution in [3.8, 4) is 0 Å². The molecule has 0 fully saturated rings. The fraction of sp³-hybridized carbons (Fsp3) is 0.816. The molecule has 8 nitrogen and oxygen atoms in total. The first-order valence-corrected chi connectivity index (χ1v) is 36.0. The second-order valence-electron chi connectivity index (χ2n) is 25.4. The molecule has 0 aliphatic carbocycles. The first-order valence-electron chi connectivity index (χ1n) is 36.0. The van der Waals surface area contributed by atoms with Crippen LogP contribution in [0.3, 0.4) is 0 Å². The molecule has 0 aromatic carbocycles. The van der Waals surface area contributed by atoms with Crippen LogP contribution in [-0.4, -0.2) is 104 Å². The Morgan fingerprint density at radius 3 is 1.18 bits per heavy atom. The average Bonchev–Trinajstić information content (AvgIpc) is 3.67. The molecule has 0 heterocycles. The Labute approximate surface area is 523 Å². The van der Waals surface area contributed by atoms with Gasteiger partial charge in [-0.1, -0.05) is 185 Å². The number of ether oxygens (including phenoxy) is 2. The van der Waals surface area contributed by atoms with Gasteiger partial charge in [0, 0.05) is 20.0 Å². The van der Waals surface area contributed by atoms with Crippen molar-refractivity contribution in [2.75, 3.05) is 54.4 Å². The molecule has 0 bridgehead atoms. The molecule has 490 valence electrons. The number of rotatable bonds is 62. The van der Waals surface area contributed by atoms with Crippen molar-refractivity contribution in [1.29, 1.82) is 0 Å². The molecule has 3 atom stereocenters. The number of unbranched alkanes of at least 4 members (excludes halogenated alkanes) is 24. The Bertz CT molecular complexity index is 1590. The van der Waals surface area contributed by atoms with E-state index in [1.54, 1.807) is 4.90 Å². The van der Waals surface area contributed by atoms with E-state index in [1.165, 1.54) is 122 Å². The number of aliphatic hydroxyl groups is 1. The molecule has 8 heteroatoms. The summed E-state index contributed by atoms with van der Waals surface area (Å²) in [7, 11) is 8.25. The third-order valence-electron chi connectivity index (χ3n) is 16.8. The number of carbonyl (C=O) groups excluding carboxylic acids is 2. The molecular formula is C76H141N3O5. The van der Waals surface area contributed by atoms with E-state index < -0.39 is 11.7 Å². The molecular weight excluding hydrogens is 1030 g/mol. The van der Waals surface area contributed by atoms with Crippen molar-refractivity contribution in [2.24, 2.45) is 5.92 Å². The molecule has 1 N–H and O–H groups in total. The molecule has 84 heavy (non-hydrogen) atoms. The van der Waals surface area contributed by atoms with Crippen molar-refractivity contribution in [3.05, 3.63) is 72.9 Å². The zero-order valence-electron chi connectivity index (χ0n) is 57.2. The number of amides is 1. The van der Waals surface area contributed by atoms with Crippen molar-refractivity contribution in [3.63, 3.8) is 0 Å². The number of hydrogen-bond donors (Lipinski definition) is 1. The third kappa shape index (κ3) is 52.2. The summed E-state index contributed by atoms with van der Waals surface area (Å²) >= 11 is 0. The average molecular weight is 1180 g/mol. The fourth-order valence-electron chi connectivity index (χ4n) is 11.3. The quantitative estimate of drug-likeness (QED) is 0.0369. The zero-order chi connectivity index (χ0) is 61.7. The van der Waals surface area contributed by atoms with Crippen LogP contribution in [0.5, 0.6) is 0 Å². The summed E-state index contributed by atoms with van der Waals surface area (Å²) in [6, 6.07) is 0. The van der Waals surface area contributed by atoms with Gasteiger partial charge in [0.2, 0.25) is 0 Å². The molecule has 0 spiro atoms. The fourth-order valence-corrected chi connectivity index (χ4v) is 11.3. The molecule has 0 aliphatic heterocycles. The number of carbonyl (C=O) groups is 2. The van der Waals surface area contributed by atoms with E-state index in [9.17, 15) is 14.7 Å².